The van der Waals surface area contributed by atoms with E-state index in [2.05, 4.69) is 26.3 Å². The fourth-order valence-corrected chi connectivity index (χ4v) is 1.88. The number of nitrogens with one attached hydrogen (secondary N) is 1. The number of fused-ring (bicyclic) bond motifs is 1. The van der Waals surface area contributed by atoms with Gasteiger partial charge in [0.2, 0.25) is 0 Å². The van der Waals surface area contributed by atoms with Crippen LogP contribution >= 0.6 is 15.9 Å². The standard InChI is InChI=1S/C11H13BrN4/c1-16(2)15-10-4-3-9(13)8-5-7(12)6-14-11(8)10/h3-6,15H,13H2,1-2H3. The first-order valence-corrected chi connectivity index (χ1v) is 5.65. The van der Waals surface area contributed by atoms with Gasteiger partial charge >= 0.3 is 0 Å². The molecule has 1 aromatic heterocycles. The van der Waals surface area contributed by atoms with Gasteiger partial charge in [0.25, 0.3) is 0 Å². The number of aromatic nitrogens is 1. The van der Waals surface area contributed by atoms with Gasteiger partial charge in [-0.2, -0.15) is 0 Å². The van der Waals surface area contributed by atoms with Crippen LogP contribution in [-0.4, -0.2) is 24.1 Å². The Morgan fingerprint density at radius 3 is 2.81 bits per heavy atom. The summed E-state index contributed by atoms with van der Waals surface area (Å²) in [5.74, 6) is 0. The Labute approximate surface area is 103 Å². The molecular weight excluding hydrogens is 268 g/mol. The van der Waals surface area contributed by atoms with Gasteiger partial charge in [-0.25, -0.2) is 5.01 Å². The molecule has 0 spiro atoms. The normalized spacial score (nSPS) is 11.0. The highest BCUT2D eigenvalue weighted by molar-refractivity contribution is 9.10. The van der Waals surface area contributed by atoms with Gasteiger partial charge in [0, 0.05) is 35.8 Å². The highest BCUT2D eigenvalue weighted by Gasteiger charge is 2.06. The van der Waals surface area contributed by atoms with E-state index in [1.807, 2.05) is 37.3 Å². The summed E-state index contributed by atoms with van der Waals surface area (Å²) in [4.78, 5) is 4.38. The number of nitrogen functional groups attached to an aromatic ring is 1. The summed E-state index contributed by atoms with van der Waals surface area (Å²) < 4.78 is 0.925. The van der Waals surface area contributed by atoms with Crippen LogP contribution in [0.5, 0.6) is 0 Å². The first kappa shape index (κ1) is 11.2. The van der Waals surface area contributed by atoms with Crippen LogP contribution in [0.25, 0.3) is 10.9 Å². The number of hydrogen-bond acceptors (Lipinski definition) is 4. The van der Waals surface area contributed by atoms with Crippen LogP contribution in [0.1, 0.15) is 0 Å². The molecule has 1 heterocycles. The molecule has 5 heteroatoms. The van der Waals surface area contributed by atoms with Gasteiger partial charge in [-0.15, -0.1) is 0 Å². The molecule has 0 fully saturated rings. The van der Waals surface area contributed by atoms with Crippen LogP contribution in [0.2, 0.25) is 0 Å². The first-order valence-electron chi connectivity index (χ1n) is 4.85. The second kappa shape index (κ2) is 4.27. The van der Waals surface area contributed by atoms with E-state index in [1.54, 1.807) is 6.20 Å². The number of hydrazine groups is 1. The third kappa shape index (κ3) is 2.10. The molecule has 84 valence electrons. The van der Waals surface area contributed by atoms with E-state index < -0.39 is 0 Å². The number of pyridine rings is 1. The van der Waals surface area contributed by atoms with Gasteiger partial charge in [0.05, 0.1) is 11.2 Å². The molecule has 2 aromatic rings. The van der Waals surface area contributed by atoms with E-state index >= 15 is 0 Å². The molecule has 2 rings (SSSR count). The summed E-state index contributed by atoms with van der Waals surface area (Å²) >= 11 is 3.39. The third-order valence-electron chi connectivity index (χ3n) is 2.19. The summed E-state index contributed by atoms with van der Waals surface area (Å²) in [5, 5.41) is 2.82. The van der Waals surface area contributed by atoms with Crippen molar-refractivity contribution in [2.24, 2.45) is 0 Å². The quantitative estimate of drug-likeness (QED) is 0.656. The molecule has 0 atom stereocenters. The molecular formula is C11H13BrN4. The molecule has 3 N–H and O–H groups in total. The van der Waals surface area contributed by atoms with Crippen LogP contribution in [0.4, 0.5) is 11.4 Å². The molecule has 0 aliphatic carbocycles. The van der Waals surface area contributed by atoms with Gasteiger partial charge in [-0.3, -0.25) is 4.98 Å². The maximum Gasteiger partial charge on any atom is 0.0968 e. The van der Waals surface area contributed by atoms with Crippen molar-refractivity contribution in [3.63, 3.8) is 0 Å². The van der Waals surface area contributed by atoms with Gasteiger partial charge < -0.3 is 11.2 Å². The van der Waals surface area contributed by atoms with Gasteiger partial charge in [0.1, 0.15) is 0 Å². The number of benzene rings is 1. The average molecular weight is 281 g/mol. The lowest BCUT2D eigenvalue weighted by Gasteiger charge is -2.15. The fraction of sp³-hybridized carbons (Fsp3) is 0.182. The number of hydrogen-bond donors (Lipinski definition) is 2. The lowest BCUT2D eigenvalue weighted by atomic mass is 10.1. The van der Waals surface area contributed by atoms with Crippen molar-refractivity contribution < 1.29 is 0 Å². The third-order valence-corrected chi connectivity index (χ3v) is 2.63. The predicted octanol–water partition coefficient (Wildman–Crippen LogP) is 2.47. The second-order valence-electron chi connectivity index (χ2n) is 3.76. The summed E-state index contributed by atoms with van der Waals surface area (Å²) in [6.45, 7) is 0. The summed E-state index contributed by atoms with van der Waals surface area (Å²) in [7, 11) is 3.86. The number of nitrogens with two attached hydrogens (primary N) is 1. The Morgan fingerprint density at radius 1 is 1.38 bits per heavy atom. The Balaban J connectivity index is 2.64. The highest BCUT2D eigenvalue weighted by atomic mass is 79.9. The number of anilines is 2. The highest BCUT2D eigenvalue weighted by Crippen LogP contribution is 2.28. The SMILES string of the molecule is CN(C)Nc1ccc(N)c2cc(Br)cnc12. The Kier molecular flexibility index (Phi) is 2.98. The number of halogens is 1. The van der Waals surface area contributed by atoms with E-state index in [1.165, 1.54) is 0 Å². The predicted molar refractivity (Wildman–Crippen MR) is 71.2 cm³/mol. The van der Waals surface area contributed by atoms with Crippen LogP contribution < -0.4 is 11.2 Å². The van der Waals surface area contributed by atoms with E-state index in [9.17, 15) is 0 Å². The monoisotopic (exact) mass is 280 g/mol. The minimum atomic E-state index is 0.730. The minimum Gasteiger partial charge on any atom is -0.398 e. The molecule has 1 aromatic carbocycles. The summed E-state index contributed by atoms with van der Waals surface area (Å²) in [5.41, 5.74) is 11.7. The summed E-state index contributed by atoms with van der Waals surface area (Å²) in [6, 6.07) is 5.78. The smallest absolute Gasteiger partial charge is 0.0968 e. The van der Waals surface area contributed by atoms with E-state index in [4.69, 9.17) is 5.73 Å². The largest absolute Gasteiger partial charge is 0.398 e. The summed E-state index contributed by atoms with van der Waals surface area (Å²) in [6.07, 6.45) is 1.77. The zero-order valence-electron chi connectivity index (χ0n) is 9.16. The molecule has 0 aliphatic heterocycles. The van der Waals surface area contributed by atoms with Crippen molar-refractivity contribution in [2.45, 2.75) is 0 Å². The van der Waals surface area contributed by atoms with E-state index in [0.717, 1.165) is 26.8 Å². The maximum absolute atomic E-state index is 5.92. The fourth-order valence-electron chi connectivity index (χ4n) is 1.55. The lowest BCUT2D eigenvalue weighted by Crippen LogP contribution is -2.19. The molecule has 0 saturated heterocycles. The number of rotatable bonds is 2. The van der Waals surface area contributed by atoms with E-state index in [0.29, 0.717) is 0 Å². The van der Waals surface area contributed by atoms with Crippen molar-refractivity contribution in [1.29, 1.82) is 0 Å². The maximum atomic E-state index is 5.92. The second-order valence-corrected chi connectivity index (χ2v) is 4.67. The molecule has 0 bridgehead atoms. The van der Waals surface area contributed by atoms with Crippen molar-refractivity contribution in [2.75, 3.05) is 25.3 Å². The van der Waals surface area contributed by atoms with Crippen molar-refractivity contribution in [3.05, 3.63) is 28.9 Å². The Bertz CT molecular complexity index is 525. The lowest BCUT2D eigenvalue weighted by molar-refractivity contribution is 0.496. The minimum absolute atomic E-state index is 0.730. The van der Waals surface area contributed by atoms with Crippen LogP contribution in [0, 0.1) is 0 Å². The Hall–Kier alpha value is -1.33. The Morgan fingerprint density at radius 2 is 2.12 bits per heavy atom. The molecule has 0 radical (unpaired) electrons. The van der Waals surface area contributed by atoms with Crippen LogP contribution in [0.15, 0.2) is 28.9 Å². The van der Waals surface area contributed by atoms with Gasteiger partial charge in [0.15, 0.2) is 0 Å². The molecule has 16 heavy (non-hydrogen) atoms. The average Bonchev–Trinajstić information content (AvgIpc) is 2.22. The van der Waals surface area contributed by atoms with Crippen molar-refractivity contribution in [3.8, 4) is 0 Å². The topological polar surface area (TPSA) is 54.2 Å². The zero-order valence-corrected chi connectivity index (χ0v) is 10.7. The molecule has 0 amide bonds. The molecule has 0 saturated carbocycles. The van der Waals surface area contributed by atoms with E-state index in [-0.39, 0.29) is 0 Å². The molecule has 0 aliphatic rings. The van der Waals surface area contributed by atoms with Gasteiger partial charge in [-0.1, -0.05) is 0 Å². The van der Waals surface area contributed by atoms with Crippen LogP contribution in [-0.2, 0) is 0 Å². The van der Waals surface area contributed by atoms with Crippen LogP contribution in [0.3, 0.4) is 0 Å². The molecule has 4 nitrogen and oxygen atoms in total. The first-order chi connectivity index (χ1) is 7.58. The van der Waals surface area contributed by atoms with Crippen molar-refractivity contribution in [1.82, 2.24) is 9.99 Å². The zero-order chi connectivity index (χ0) is 11.7. The van der Waals surface area contributed by atoms with Crippen molar-refractivity contribution >= 4 is 38.2 Å². The number of nitrogens with zero attached hydrogens (tertiary/aromatic N) is 2. The molecule has 0 unspecified atom stereocenters. The van der Waals surface area contributed by atoms with Gasteiger partial charge in [-0.05, 0) is 34.1 Å².